The second kappa shape index (κ2) is 6.84. The van der Waals surface area contributed by atoms with Crippen LogP contribution < -0.4 is 5.32 Å². The largest absolute Gasteiger partial charge is 0.385 e. The third-order valence-corrected chi connectivity index (χ3v) is 2.70. The molecule has 0 heterocycles. The van der Waals surface area contributed by atoms with Crippen LogP contribution in [-0.2, 0) is 4.74 Å². The lowest BCUT2D eigenvalue weighted by atomic mass is 10.0. The van der Waals surface area contributed by atoms with E-state index in [-0.39, 0.29) is 16.9 Å². The van der Waals surface area contributed by atoms with Gasteiger partial charge in [0.15, 0.2) is 0 Å². The van der Waals surface area contributed by atoms with Crippen LogP contribution in [0.2, 0.25) is 5.02 Å². The third kappa shape index (κ3) is 3.74. The Morgan fingerprint density at radius 1 is 1.50 bits per heavy atom. The molecule has 1 N–H and O–H groups in total. The molecule has 0 saturated heterocycles. The van der Waals surface area contributed by atoms with Crippen molar-refractivity contribution in [2.45, 2.75) is 19.4 Å². The second-order valence-corrected chi connectivity index (χ2v) is 3.97. The first kappa shape index (κ1) is 13.4. The van der Waals surface area contributed by atoms with Gasteiger partial charge >= 0.3 is 0 Å². The molecule has 0 bridgehead atoms. The molecule has 0 aliphatic heterocycles. The maximum Gasteiger partial charge on any atom is 0.141 e. The van der Waals surface area contributed by atoms with E-state index in [1.807, 2.05) is 6.92 Å². The molecule has 1 aromatic rings. The topological polar surface area (TPSA) is 21.3 Å². The summed E-state index contributed by atoms with van der Waals surface area (Å²) in [6.07, 6.45) is 0.840. The Balaban J connectivity index is 2.78. The number of rotatable bonds is 6. The van der Waals surface area contributed by atoms with Crippen molar-refractivity contribution < 1.29 is 9.13 Å². The molecule has 16 heavy (non-hydrogen) atoms. The molecular formula is C12H17ClFNO. The highest BCUT2D eigenvalue weighted by atomic mass is 35.5. The molecule has 0 fully saturated rings. The lowest BCUT2D eigenvalue weighted by Gasteiger charge is -2.18. The number of methoxy groups -OCH3 is 1. The van der Waals surface area contributed by atoms with Crippen molar-refractivity contribution in [1.82, 2.24) is 5.32 Å². The molecule has 0 aliphatic rings. The fraction of sp³-hybridized carbons (Fsp3) is 0.500. The molecule has 0 saturated carbocycles. The normalized spacial score (nSPS) is 12.8. The Morgan fingerprint density at radius 3 is 2.81 bits per heavy atom. The third-order valence-electron chi connectivity index (χ3n) is 2.41. The highest BCUT2D eigenvalue weighted by molar-refractivity contribution is 6.30. The fourth-order valence-corrected chi connectivity index (χ4v) is 1.79. The predicted octanol–water partition coefficient (Wildman–Crippen LogP) is 3.17. The Hall–Kier alpha value is -0.640. The van der Waals surface area contributed by atoms with Gasteiger partial charge < -0.3 is 10.1 Å². The molecule has 0 aliphatic carbocycles. The molecule has 1 aromatic carbocycles. The second-order valence-electron chi connectivity index (χ2n) is 3.57. The molecule has 0 spiro atoms. The van der Waals surface area contributed by atoms with E-state index in [2.05, 4.69) is 5.32 Å². The lowest BCUT2D eigenvalue weighted by molar-refractivity contribution is 0.183. The first-order valence-corrected chi connectivity index (χ1v) is 5.74. The molecule has 1 unspecified atom stereocenters. The highest BCUT2D eigenvalue weighted by Crippen LogP contribution is 2.22. The van der Waals surface area contributed by atoms with Gasteiger partial charge in [0.1, 0.15) is 5.82 Å². The van der Waals surface area contributed by atoms with Crippen molar-refractivity contribution in [3.8, 4) is 0 Å². The summed E-state index contributed by atoms with van der Waals surface area (Å²) in [7, 11) is 1.67. The Labute approximate surface area is 101 Å². The van der Waals surface area contributed by atoms with Crippen LogP contribution >= 0.6 is 11.6 Å². The van der Waals surface area contributed by atoms with E-state index >= 15 is 0 Å². The van der Waals surface area contributed by atoms with E-state index < -0.39 is 0 Å². The summed E-state index contributed by atoms with van der Waals surface area (Å²) in [6, 6.07) is 4.97. The van der Waals surface area contributed by atoms with E-state index in [4.69, 9.17) is 16.3 Å². The zero-order valence-electron chi connectivity index (χ0n) is 9.59. The van der Waals surface area contributed by atoms with Crippen LogP contribution in [0.1, 0.15) is 24.9 Å². The van der Waals surface area contributed by atoms with E-state index in [1.54, 1.807) is 19.2 Å². The minimum absolute atomic E-state index is 0.156. The molecule has 0 amide bonds. The van der Waals surface area contributed by atoms with Gasteiger partial charge in [-0.3, -0.25) is 0 Å². The molecule has 90 valence electrons. The van der Waals surface area contributed by atoms with Gasteiger partial charge in [0.2, 0.25) is 0 Å². The fourth-order valence-electron chi connectivity index (χ4n) is 1.60. The van der Waals surface area contributed by atoms with Crippen molar-refractivity contribution in [2.24, 2.45) is 0 Å². The summed E-state index contributed by atoms with van der Waals surface area (Å²) in [6.45, 7) is 3.54. The van der Waals surface area contributed by atoms with Crippen molar-refractivity contribution in [1.29, 1.82) is 0 Å². The summed E-state index contributed by atoms with van der Waals surface area (Å²) in [5, 5.41) is 3.48. The number of hydrogen-bond donors (Lipinski definition) is 1. The minimum atomic E-state index is -0.382. The zero-order chi connectivity index (χ0) is 12.0. The quantitative estimate of drug-likeness (QED) is 0.831. The summed E-state index contributed by atoms with van der Waals surface area (Å²) in [4.78, 5) is 0. The standard InChI is InChI=1S/C12H17ClFNO/c1-3-15-12(6-7-16-2)9-4-5-11(14)10(13)8-9/h4-5,8,12,15H,3,6-7H2,1-2H3. The van der Waals surface area contributed by atoms with Gasteiger partial charge in [0, 0.05) is 19.8 Å². The summed E-state index contributed by atoms with van der Waals surface area (Å²) in [5.41, 5.74) is 0.991. The maximum atomic E-state index is 13.0. The van der Waals surface area contributed by atoms with E-state index in [1.165, 1.54) is 6.07 Å². The molecule has 1 atom stereocenters. The molecule has 4 heteroatoms. The van der Waals surface area contributed by atoms with Crippen molar-refractivity contribution >= 4 is 11.6 Å². The van der Waals surface area contributed by atoms with Gasteiger partial charge in [0.05, 0.1) is 5.02 Å². The molecule has 0 aromatic heterocycles. The number of benzene rings is 1. The van der Waals surface area contributed by atoms with Crippen LogP contribution in [0, 0.1) is 5.82 Å². The van der Waals surface area contributed by atoms with Gasteiger partial charge in [-0.05, 0) is 30.7 Å². The number of ether oxygens (including phenoxy) is 1. The Bertz CT molecular complexity index is 333. The minimum Gasteiger partial charge on any atom is -0.385 e. The van der Waals surface area contributed by atoms with E-state index in [0.717, 1.165) is 18.5 Å². The van der Waals surface area contributed by atoms with Crippen LogP contribution in [-0.4, -0.2) is 20.3 Å². The van der Waals surface area contributed by atoms with Crippen LogP contribution in [0.3, 0.4) is 0 Å². The SMILES string of the molecule is CCNC(CCOC)c1ccc(F)c(Cl)c1. The number of nitrogens with one attached hydrogen (secondary N) is 1. The molecule has 0 radical (unpaired) electrons. The summed E-state index contributed by atoms with van der Waals surface area (Å²) in [5.74, 6) is -0.382. The van der Waals surface area contributed by atoms with E-state index in [9.17, 15) is 4.39 Å². The van der Waals surface area contributed by atoms with Crippen molar-refractivity contribution in [3.63, 3.8) is 0 Å². The van der Waals surface area contributed by atoms with Gasteiger partial charge in [-0.1, -0.05) is 24.6 Å². The van der Waals surface area contributed by atoms with Gasteiger partial charge in [-0.2, -0.15) is 0 Å². The van der Waals surface area contributed by atoms with E-state index in [0.29, 0.717) is 6.61 Å². The Morgan fingerprint density at radius 2 is 2.25 bits per heavy atom. The number of hydrogen-bond acceptors (Lipinski definition) is 2. The average molecular weight is 246 g/mol. The zero-order valence-corrected chi connectivity index (χ0v) is 10.4. The lowest BCUT2D eigenvalue weighted by Crippen LogP contribution is -2.22. The first-order chi connectivity index (χ1) is 7.69. The van der Waals surface area contributed by atoms with Crippen molar-refractivity contribution in [2.75, 3.05) is 20.3 Å². The molecular weight excluding hydrogens is 229 g/mol. The van der Waals surface area contributed by atoms with Crippen LogP contribution in [0.4, 0.5) is 4.39 Å². The maximum absolute atomic E-state index is 13.0. The van der Waals surface area contributed by atoms with Gasteiger partial charge in [-0.25, -0.2) is 4.39 Å². The van der Waals surface area contributed by atoms with Gasteiger partial charge in [0.25, 0.3) is 0 Å². The smallest absolute Gasteiger partial charge is 0.141 e. The highest BCUT2D eigenvalue weighted by Gasteiger charge is 2.11. The summed E-state index contributed by atoms with van der Waals surface area (Å²) < 4.78 is 18.1. The number of halogens is 2. The summed E-state index contributed by atoms with van der Waals surface area (Å²) >= 11 is 5.76. The average Bonchev–Trinajstić information content (AvgIpc) is 2.28. The molecule has 2 nitrogen and oxygen atoms in total. The van der Waals surface area contributed by atoms with Crippen molar-refractivity contribution in [3.05, 3.63) is 34.6 Å². The molecule has 1 rings (SSSR count). The monoisotopic (exact) mass is 245 g/mol. The van der Waals surface area contributed by atoms with Crippen LogP contribution in [0.25, 0.3) is 0 Å². The Kier molecular flexibility index (Phi) is 5.74. The first-order valence-electron chi connectivity index (χ1n) is 5.36. The van der Waals surface area contributed by atoms with Crippen LogP contribution in [0.5, 0.6) is 0 Å². The predicted molar refractivity (Wildman–Crippen MR) is 64.3 cm³/mol. The van der Waals surface area contributed by atoms with Gasteiger partial charge in [-0.15, -0.1) is 0 Å². The van der Waals surface area contributed by atoms with Crippen LogP contribution in [0.15, 0.2) is 18.2 Å².